The Bertz CT molecular complexity index is 826. The zero-order valence-electron chi connectivity index (χ0n) is 20.4. The van der Waals surface area contributed by atoms with Gasteiger partial charge in [-0.2, -0.15) is 0 Å². The molecule has 3 fully saturated rings. The van der Waals surface area contributed by atoms with Crippen LogP contribution < -0.4 is 0 Å². The molecular formula is C28H42O3. The number of hydrogen-bond donors (Lipinski definition) is 1. The average Bonchev–Trinajstić information content (AvgIpc) is 3.09. The third-order valence-corrected chi connectivity index (χ3v) is 10.5. The SMILES string of the molecule is CC(C)C(C)C=CC(C)C1CCC2C34C=CC5(CC(O)CCC5(C)C3=CCC12C)OO4. The molecule has 6 rings (SSSR count). The van der Waals surface area contributed by atoms with E-state index in [1.165, 1.54) is 18.4 Å². The molecule has 0 aromatic heterocycles. The van der Waals surface area contributed by atoms with Crippen LogP contribution in [0.2, 0.25) is 0 Å². The van der Waals surface area contributed by atoms with Gasteiger partial charge < -0.3 is 5.11 Å². The molecular weight excluding hydrogens is 384 g/mol. The van der Waals surface area contributed by atoms with Crippen molar-refractivity contribution >= 4 is 0 Å². The topological polar surface area (TPSA) is 38.7 Å². The number of fused-ring (bicyclic) bond motifs is 2. The van der Waals surface area contributed by atoms with Crippen molar-refractivity contribution in [1.82, 2.24) is 0 Å². The molecule has 9 atom stereocenters. The lowest BCUT2D eigenvalue weighted by molar-refractivity contribution is -0.455. The molecule has 172 valence electrons. The fraction of sp³-hybridized carbons (Fsp3) is 0.786. The van der Waals surface area contributed by atoms with Gasteiger partial charge in [0.05, 0.1) is 6.10 Å². The summed E-state index contributed by atoms with van der Waals surface area (Å²) in [5.74, 6) is 2.98. The third-order valence-electron chi connectivity index (χ3n) is 10.5. The van der Waals surface area contributed by atoms with Gasteiger partial charge in [-0.1, -0.05) is 59.8 Å². The van der Waals surface area contributed by atoms with Crippen LogP contribution in [0.4, 0.5) is 0 Å². The summed E-state index contributed by atoms with van der Waals surface area (Å²) < 4.78 is 0. The lowest BCUT2D eigenvalue weighted by Gasteiger charge is -2.66. The van der Waals surface area contributed by atoms with E-state index in [9.17, 15) is 5.11 Å². The van der Waals surface area contributed by atoms with E-state index in [1.807, 2.05) is 0 Å². The molecule has 2 aliphatic heterocycles. The first-order valence-corrected chi connectivity index (χ1v) is 12.7. The standard InChI is InChI=1S/C28H42O3/c1-18(2)19(3)7-8-20(4)22-9-10-23-25(22,5)13-12-24-26(6)14-11-21(29)17-27(26)15-16-28(23,24)31-30-27/h7-8,12,15-16,18-23,29H,9-11,13-14,17H2,1-6H3. The van der Waals surface area contributed by atoms with Crippen molar-refractivity contribution in [3.8, 4) is 0 Å². The molecule has 1 saturated heterocycles. The van der Waals surface area contributed by atoms with Crippen molar-refractivity contribution in [3.63, 3.8) is 0 Å². The predicted octanol–water partition coefficient (Wildman–Crippen LogP) is 6.39. The number of aliphatic hydroxyl groups is 1. The summed E-state index contributed by atoms with van der Waals surface area (Å²) >= 11 is 0. The highest BCUT2D eigenvalue weighted by molar-refractivity contribution is 5.48. The first-order chi connectivity index (χ1) is 14.6. The summed E-state index contributed by atoms with van der Waals surface area (Å²) in [6.07, 6.45) is 17.8. The summed E-state index contributed by atoms with van der Waals surface area (Å²) in [4.78, 5) is 12.6. The normalized spacial score (nSPS) is 50.2. The van der Waals surface area contributed by atoms with E-state index < -0.39 is 11.2 Å². The molecule has 2 saturated carbocycles. The number of aliphatic hydroxyl groups excluding tert-OH is 1. The van der Waals surface area contributed by atoms with Crippen molar-refractivity contribution in [3.05, 3.63) is 36.0 Å². The van der Waals surface area contributed by atoms with Crippen molar-refractivity contribution in [2.75, 3.05) is 0 Å². The zero-order chi connectivity index (χ0) is 22.2. The maximum Gasteiger partial charge on any atom is 0.147 e. The molecule has 2 spiro atoms. The smallest absolute Gasteiger partial charge is 0.147 e. The Hall–Kier alpha value is -0.900. The van der Waals surface area contributed by atoms with E-state index in [0.717, 1.165) is 19.3 Å². The minimum Gasteiger partial charge on any atom is -0.393 e. The molecule has 1 N–H and O–H groups in total. The van der Waals surface area contributed by atoms with Crippen molar-refractivity contribution < 1.29 is 14.9 Å². The van der Waals surface area contributed by atoms with E-state index >= 15 is 0 Å². The summed E-state index contributed by atoms with van der Waals surface area (Å²) in [7, 11) is 0. The minimum atomic E-state index is -0.507. The highest BCUT2D eigenvalue weighted by Crippen LogP contribution is 2.71. The molecule has 2 bridgehead atoms. The second-order valence-electron chi connectivity index (χ2n) is 12.3. The van der Waals surface area contributed by atoms with E-state index in [0.29, 0.717) is 36.0 Å². The van der Waals surface area contributed by atoms with Crippen LogP contribution in [0.25, 0.3) is 0 Å². The van der Waals surface area contributed by atoms with Gasteiger partial charge in [0.25, 0.3) is 0 Å². The summed E-state index contributed by atoms with van der Waals surface area (Å²) in [5.41, 5.74) is 0.656. The van der Waals surface area contributed by atoms with Crippen LogP contribution in [0.15, 0.2) is 36.0 Å². The number of hydrogen-bond acceptors (Lipinski definition) is 3. The molecule has 2 heterocycles. The number of rotatable bonds is 4. The molecule has 31 heavy (non-hydrogen) atoms. The molecule has 3 nitrogen and oxygen atoms in total. The van der Waals surface area contributed by atoms with Gasteiger partial charge in [0.15, 0.2) is 0 Å². The first kappa shape index (κ1) is 21.9. The lowest BCUT2D eigenvalue weighted by atomic mass is 9.47. The van der Waals surface area contributed by atoms with Crippen LogP contribution in [0.1, 0.15) is 80.1 Å². The molecule has 0 aromatic carbocycles. The summed E-state index contributed by atoms with van der Waals surface area (Å²) in [6, 6.07) is 0. The molecule has 6 aliphatic rings. The molecule has 4 aliphatic carbocycles. The van der Waals surface area contributed by atoms with Gasteiger partial charge in [0, 0.05) is 17.8 Å². The van der Waals surface area contributed by atoms with Crippen LogP contribution in [-0.2, 0) is 9.78 Å². The third kappa shape index (κ3) is 2.82. The van der Waals surface area contributed by atoms with Crippen LogP contribution in [0.3, 0.4) is 0 Å². The first-order valence-electron chi connectivity index (χ1n) is 12.7. The van der Waals surface area contributed by atoms with Crippen LogP contribution >= 0.6 is 0 Å². The Balaban J connectivity index is 1.48. The maximum atomic E-state index is 10.4. The Kier molecular flexibility index (Phi) is 4.98. The van der Waals surface area contributed by atoms with Gasteiger partial charge >= 0.3 is 0 Å². The monoisotopic (exact) mass is 426 g/mol. The average molecular weight is 427 g/mol. The van der Waals surface area contributed by atoms with Crippen molar-refractivity contribution in [1.29, 1.82) is 0 Å². The van der Waals surface area contributed by atoms with E-state index in [1.54, 1.807) is 0 Å². The van der Waals surface area contributed by atoms with E-state index in [2.05, 4.69) is 71.9 Å². The highest BCUT2D eigenvalue weighted by atomic mass is 17.2. The molecule has 3 heteroatoms. The van der Waals surface area contributed by atoms with E-state index in [-0.39, 0.29) is 16.9 Å². The maximum absolute atomic E-state index is 10.4. The Labute approximate surface area is 188 Å². The van der Waals surface area contributed by atoms with Crippen molar-refractivity contribution in [2.45, 2.75) is 97.4 Å². The van der Waals surface area contributed by atoms with Gasteiger partial charge in [0.2, 0.25) is 0 Å². The van der Waals surface area contributed by atoms with Crippen LogP contribution in [-0.4, -0.2) is 22.4 Å². The Morgan fingerprint density at radius 2 is 1.81 bits per heavy atom. The quantitative estimate of drug-likeness (QED) is 0.418. The molecule has 9 unspecified atom stereocenters. The van der Waals surface area contributed by atoms with Gasteiger partial charge in [0.1, 0.15) is 11.2 Å². The van der Waals surface area contributed by atoms with Gasteiger partial charge in [-0.25, -0.2) is 9.78 Å². The number of allylic oxidation sites excluding steroid dienone is 3. The largest absolute Gasteiger partial charge is 0.393 e. The summed E-state index contributed by atoms with van der Waals surface area (Å²) in [6.45, 7) is 14.2. The minimum absolute atomic E-state index is 0.0726. The second-order valence-corrected chi connectivity index (χ2v) is 12.3. The van der Waals surface area contributed by atoms with Gasteiger partial charge in [-0.05, 0) is 78.9 Å². The second kappa shape index (κ2) is 7.05. The Morgan fingerprint density at radius 1 is 1.03 bits per heavy atom. The molecule has 0 aromatic rings. The predicted molar refractivity (Wildman–Crippen MR) is 124 cm³/mol. The van der Waals surface area contributed by atoms with Gasteiger partial charge in [-0.3, -0.25) is 0 Å². The fourth-order valence-corrected chi connectivity index (χ4v) is 8.01. The Morgan fingerprint density at radius 3 is 2.48 bits per heavy atom. The van der Waals surface area contributed by atoms with Crippen molar-refractivity contribution in [2.24, 2.45) is 40.4 Å². The zero-order valence-corrected chi connectivity index (χ0v) is 20.4. The molecule has 0 radical (unpaired) electrons. The van der Waals surface area contributed by atoms with Crippen LogP contribution in [0, 0.1) is 40.4 Å². The summed E-state index contributed by atoms with van der Waals surface area (Å²) in [5, 5.41) is 10.4. The lowest BCUT2D eigenvalue weighted by Crippen LogP contribution is -2.69. The highest BCUT2D eigenvalue weighted by Gasteiger charge is 2.71. The molecule has 0 amide bonds. The van der Waals surface area contributed by atoms with Crippen LogP contribution in [0.5, 0.6) is 0 Å². The fourth-order valence-electron chi connectivity index (χ4n) is 8.01. The van der Waals surface area contributed by atoms with E-state index in [4.69, 9.17) is 9.78 Å². The van der Waals surface area contributed by atoms with Gasteiger partial charge in [-0.15, -0.1) is 0 Å².